The van der Waals surface area contributed by atoms with Crippen LogP contribution in [-0.4, -0.2) is 50.0 Å². The summed E-state index contributed by atoms with van der Waals surface area (Å²) in [6.45, 7) is 1.05. The zero-order valence-corrected chi connectivity index (χ0v) is 21.3. The van der Waals surface area contributed by atoms with Crippen molar-refractivity contribution in [3.8, 4) is 11.5 Å². The number of carbonyl (C=O) groups is 1. The second-order valence-corrected chi connectivity index (χ2v) is 10.5. The molecular weight excluding hydrogens is 481 g/mol. The third-order valence-electron chi connectivity index (χ3n) is 6.96. The summed E-state index contributed by atoms with van der Waals surface area (Å²) in [4.78, 5) is 14.9. The predicted molar refractivity (Wildman–Crippen MR) is 136 cm³/mol. The highest BCUT2D eigenvalue weighted by molar-refractivity contribution is 7.98. The molecule has 2 aromatic carbocycles. The van der Waals surface area contributed by atoms with Gasteiger partial charge in [0.05, 0.1) is 30.0 Å². The van der Waals surface area contributed by atoms with Crippen LogP contribution in [0.25, 0.3) is 0 Å². The number of methoxy groups -OCH3 is 2. The van der Waals surface area contributed by atoms with Gasteiger partial charge in [-0.05, 0) is 81.1 Å². The molecule has 2 amide bonds. The lowest BCUT2D eigenvalue weighted by Crippen LogP contribution is -2.47. The van der Waals surface area contributed by atoms with Crippen molar-refractivity contribution >= 4 is 46.9 Å². The van der Waals surface area contributed by atoms with Crippen LogP contribution in [0.5, 0.6) is 11.5 Å². The molecule has 9 heteroatoms. The Morgan fingerprint density at radius 1 is 1.15 bits per heavy atom. The Labute approximate surface area is 209 Å². The molecule has 0 radical (unpaired) electrons. The van der Waals surface area contributed by atoms with Crippen LogP contribution in [0, 0.1) is 0 Å². The van der Waals surface area contributed by atoms with Crippen LogP contribution in [-0.2, 0) is 5.41 Å². The monoisotopic (exact) mass is 509 g/mol. The third-order valence-corrected chi connectivity index (χ3v) is 8.84. The molecule has 178 valence electrons. The second kappa shape index (κ2) is 10.2. The van der Waals surface area contributed by atoms with Crippen molar-refractivity contribution in [3.05, 3.63) is 52.0 Å². The van der Waals surface area contributed by atoms with E-state index in [0.717, 1.165) is 43.7 Å². The van der Waals surface area contributed by atoms with Crippen LogP contribution in [0.2, 0.25) is 10.0 Å². The fourth-order valence-electron chi connectivity index (χ4n) is 5.22. The number of benzene rings is 2. The number of nitrogens with one attached hydrogen (secondary N) is 2. The summed E-state index contributed by atoms with van der Waals surface area (Å²) in [5, 5.41) is 3.85. The van der Waals surface area contributed by atoms with E-state index in [2.05, 4.69) is 34.1 Å². The first kappa shape index (κ1) is 24.3. The Morgan fingerprint density at radius 3 is 2.70 bits per heavy atom. The van der Waals surface area contributed by atoms with E-state index in [1.165, 1.54) is 17.5 Å². The van der Waals surface area contributed by atoms with Gasteiger partial charge in [-0.1, -0.05) is 35.3 Å². The molecule has 6 nitrogen and oxygen atoms in total. The molecule has 0 spiro atoms. The first-order valence-corrected chi connectivity index (χ1v) is 12.6. The van der Waals surface area contributed by atoms with E-state index < -0.39 is 0 Å². The molecule has 3 unspecified atom stereocenters. The number of fused-ring (bicyclic) bond motifs is 1. The van der Waals surface area contributed by atoms with Crippen molar-refractivity contribution in [2.45, 2.75) is 42.4 Å². The summed E-state index contributed by atoms with van der Waals surface area (Å²) in [7, 11) is 5.54. The number of likely N-dealkylation sites (tertiary alicyclic amines) is 1. The van der Waals surface area contributed by atoms with Gasteiger partial charge in [-0.15, -0.1) is 0 Å². The van der Waals surface area contributed by atoms with Crippen LogP contribution in [0.15, 0.2) is 36.4 Å². The number of ether oxygens (including phenoxy) is 2. The first-order chi connectivity index (χ1) is 15.9. The molecule has 2 N–H and O–H groups in total. The molecule has 3 atom stereocenters. The summed E-state index contributed by atoms with van der Waals surface area (Å²) in [5.41, 5.74) is 1.88. The van der Waals surface area contributed by atoms with Gasteiger partial charge in [-0.2, -0.15) is 0 Å². The summed E-state index contributed by atoms with van der Waals surface area (Å²) in [6.07, 6.45) is 4.18. The number of carbonyl (C=O) groups excluding carboxylic acids is 1. The number of rotatable bonds is 6. The Morgan fingerprint density at radius 2 is 1.94 bits per heavy atom. The van der Waals surface area contributed by atoms with Crippen LogP contribution in [0.4, 0.5) is 10.5 Å². The first-order valence-electron chi connectivity index (χ1n) is 11.0. The summed E-state index contributed by atoms with van der Waals surface area (Å²) >= 11 is 13.7. The summed E-state index contributed by atoms with van der Waals surface area (Å²) < 4.78 is 13.9. The van der Waals surface area contributed by atoms with Crippen molar-refractivity contribution in [1.82, 2.24) is 9.62 Å². The van der Waals surface area contributed by atoms with Crippen molar-refractivity contribution in [2.24, 2.45) is 0 Å². The highest BCUT2D eigenvalue weighted by Crippen LogP contribution is 2.51. The smallest absolute Gasteiger partial charge is 0.329 e. The molecule has 1 saturated heterocycles. The minimum Gasteiger partial charge on any atom is -0.493 e. The van der Waals surface area contributed by atoms with E-state index in [9.17, 15) is 4.79 Å². The van der Waals surface area contributed by atoms with Gasteiger partial charge < -0.3 is 19.7 Å². The van der Waals surface area contributed by atoms with Crippen molar-refractivity contribution in [3.63, 3.8) is 0 Å². The number of hydrogen-bond acceptors (Lipinski definition) is 5. The second-order valence-electron chi connectivity index (χ2n) is 8.64. The average Bonchev–Trinajstić information content (AvgIpc) is 3.17. The normalized spacial score (nSPS) is 24.8. The van der Waals surface area contributed by atoms with Gasteiger partial charge in [0.25, 0.3) is 0 Å². The molecule has 2 aliphatic rings. The lowest BCUT2D eigenvalue weighted by molar-refractivity contribution is 0.185. The average molecular weight is 510 g/mol. The van der Waals surface area contributed by atoms with Gasteiger partial charge in [0.1, 0.15) is 0 Å². The lowest BCUT2D eigenvalue weighted by atomic mass is 9.66. The van der Waals surface area contributed by atoms with Crippen LogP contribution >= 0.6 is 35.1 Å². The number of nitrogens with zero attached hydrogens (tertiary/aromatic N) is 1. The zero-order chi connectivity index (χ0) is 23.6. The number of likely N-dealkylation sites (N-methyl/N-ethyl adjacent to an activating group) is 1. The van der Waals surface area contributed by atoms with E-state index in [-0.39, 0.29) is 11.4 Å². The minimum atomic E-state index is -0.305. The topological polar surface area (TPSA) is 62.8 Å². The molecule has 1 aliphatic carbocycles. The zero-order valence-electron chi connectivity index (χ0n) is 19.0. The Kier molecular flexibility index (Phi) is 7.53. The quantitative estimate of drug-likeness (QED) is 0.469. The Bertz CT molecular complexity index is 1020. The largest absolute Gasteiger partial charge is 0.493 e. The van der Waals surface area contributed by atoms with E-state index in [4.69, 9.17) is 32.7 Å². The minimum absolute atomic E-state index is 0.0853. The molecule has 1 heterocycles. The maximum absolute atomic E-state index is 12.4. The van der Waals surface area contributed by atoms with Gasteiger partial charge in [0, 0.05) is 16.7 Å². The molecule has 0 aromatic heterocycles. The Balaban J connectivity index is 1.42. The molecule has 0 bridgehead atoms. The van der Waals surface area contributed by atoms with Gasteiger partial charge >= 0.3 is 6.03 Å². The van der Waals surface area contributed by atoms with Gasteiger partial charge in [0.2, 0.25) is 0 Å². The molecule has 4 rings (SSSR count). The lowest BCUT2D eigenvalue weighted by Gasteiger charge is -2.44. The summed E-state index contributed by atoms with van der Waals surface area (Å²) in [6, 6.07) is 11.6. The number of halogens is 2. The number of amides is 2. The number of hydrogen-bond donors (Lipinski definition) is 2. The summed E-state index contributed by atoms with van der Waals surface area (Å²) in [5.74, 6) is 1.52. The van der Waals surface area contributed by atoms with Crippen molar-refractivity contribution in [2.75, 3.05) is 33.1 Å². The number of anilines is 1. The third kappa shape index (κ3) is 4.87. The van der Waals surface area contributed by atoms with Crippen molar-refractivity contribution < 1.29 is 14.3 Å². The predicted octanol–water partition coefficient (Wildman–Crippen LogP) is 5.97. The molecule has 1 saturated carbocycles. The maximum atomic E-state index is 12.4. The van der Waals surface area contributed by atoms with Crippen LogP contribution < -0.4 is 19.5 Å². The standard InChI is InChI=1S/C24H29Cl2N3O3S/c1-29-12-11-24(15-7-8-19(31-2)20(13-15)32-3)10-9-16(14-21(24)29)33-28-23(30)27-18-6-4-5-17(25)22(18)26/h4-8,13,16,21H,9-12,14H2,1-3H3,(H2,27,28,30). The van der Waals surface area contributed by atoms with Gasteiger partial charge in [0.15, 0.2) is 11.5 Å². The van der Waals surface area contributed by atoms with E-state index in [1.807, 2.05) is 6.07 Å². The van der Waals surface area contributed by atoms with Gasteiger partial charge in [-0.3, -0.25) is 4.72 Å². The van der Waals surface area contributed by atoms with Crippen LogP contribution in [0.1, 0.15) is 31.2 Å². The van der Waals surface area contributed by atoms with Crippen molar-refractivity contribution in [1.29, 1.82) is 0 Å². The SMILES string of the molecule is COc1ccc(C23CCC(SNC(=O)Nc4cccc(Cl)c4Cl)CC2N(C)CC3)cc1OC. The highest BCUT2D eigenvalue weighted by Gasteiger charge is 2.50. The van der Waals surface area contributed by atoms with Gasteiger partial charge in [-0.25, -0.2) is 4.79 Å². The molecule has 2 aromatic rings. The number of urea groups is 1. The maximum Gasteiger partial charge on any atom is 0.329 e. The molecular formula is C24H29Cl2N3O3S. The molecule has 33 heavy (non-hydrogen) atoms. The molecule has 2 fully saturated rings. The Hall–Kier alpha value is -1.80. The highest BCUT2D eigenvalue weighted by atomic mass is 35.5. The van der Waals surface area contributed by atoms with E-state index in [1.54, 1.807) is 32.4 Å². The van der Waals surface area contributed by atoms with E-state index >= 15 is 0 Å². The van der Waals surface area contributed by atoms with E-state index in [0.29, 0.717) is 27.0 Å². The molecule has 1 aliphatic heterocycles. The van der Waals surface area contributed by atoms with Crippen LogP contribution in [0.3, 0.4) is 0 Å². The fraction of sp³-hybridized carbons (Fsp3) is 0.458. The fourth-order valence-corrected chi connectivity index (χ4v) is 6.41.